The molecule has 8 heteroatoms. The Labute approximate surface area is 192 Å². The molecule has 1 unspecified atom stereocenters. The number of rotatable bonds is 6. The molecule has 4 rings (SSSR count). The van der Waals surface area contributed by atoms with E-state index in [9.17, 15) is 13.2 Å². The molecule has 0 aromatic heterocycles. The van der Waals surface area contributed by atoms with Crippen LogP contribution in [0.5, 0.6) is 5.75 Å². The van der Waals surface area contributed by atoms with Gasteiger partial charge < -0.3 is 10.1 Å². The van der Waals surface area contributed by atoms with Gasteiger partial charge in [0.25, 0.3) is 15.9 Å². The highest BCUT2D eigenvalue weighted by Gasteiger charge is 2.24. The predicted molar refractivity (Wildman–Crippen MR) is 125 cm³/mol. The first-order valence-electron chi connectivity index (χ1n) is 10.2. The number of sulfonamides is 1. The number of benzene rings is 3. The summed E-state index contributed by atoms with van der Waals surface area (Å²) in [6.45, 7) is 0.961. The fraction of sp³-hybridized carbons (Fsp3) is 0.208. The van der Waals surface area contributed by atoms with Gasteiger partial charge in [0, 0.05) is 30.1 Å². The van der Waals surface area contributed by atoms with Crippen LogP contribution in [0, 0.1) is 5.92 Å². The van der Waals surface area contributed by atoms with Crippen molar-refractivity contribution in [3.8, 4) is 5.75 Å². The number of hydrogen-bond acceptors (Lipinski definition) is 4. The Balaban J connectivity index is 1.45. The molecule has 6 nitrogen and oxygen atoms in total. The number of nitrogens with zero attached hydrogens (tertiary/aromatic N) is 1. The third kappa shape index (κ3) is 4.74. The first kappa shape index (κ1) is 22.2. The largest absolute Gasteiger partial charge is 0.493 e. The Bertz CT molecular complexity index is 1250. The topological polar surface area (TPSA) is 75.7 Å². The summed E-state index contributed by atoms with van der Waals surface area (Å²) >= 11 is 6.00. The van der Waals surface area contributed by atoms with Gasteiger partial charge in [-0.15, -0.1) is 0 Å². The monoisotopic (exact) mass is 470 g/mol. The van der Waals surface area contributed by atoms with Gasteiger partial charge >= 0.3 is 0 Å². The molecule has 32 heavy (non-hydrogen) atoms. The Morgan fingerprint density at radius 1 is 1.09 bits per heavy atom. The highest BCUT2D eigenvalue weighted by molar-refractivity contribution is 7.92. The fourth-order valence-electron chi connectivity index (χ4n) is 3.63. The Hall–Kier alpha value is -3.03. The third-order valence-corrected chi connectivity index (χ3v) is 7.45. The van der Waals surface area contributed by atoms with Crippen molar-refractivity contribution in [3.63, 3.8) is 0 Å². The maximum absolute atomic E-state index is 13.1. The predicted octanol–water partition coefficient (Wildman–Crippen LogP) is 4.15. The van der Waals surface area contributed by atoms with Gasteiger partial charge in [-0.2, -0.15) is 0 Å². The molecule has 166 valence electrons. The Kier molecular flexibility index (Phi) is 6.39. The molecule has 0 saturated heterocycles. The number of para-hydroxylation sites is 1. The van der Waals surface area contributed by atoms with Crippen molar-refractivity contribution >= 4 is 33.2 Å². The van der Waals surface area contributed by atoms with Crippen LogP contribution >= 0.6 is 11.6 Å². The normalized spacial score (nSPS) is 15.4. The minimum absolute atomic E-state index is 0.0301. The zero-order valence-corrected chi connectivity index (χ0v) is 19.1. The smallest absolute Gasteiger partial charge is 0.264 e. The van der Waals surface area contributed by atoms with E-state index in [0.717, 1.165) is 22.0 Å². The molecule has 1 aliphatic heterocycles. The number of ether oxygens (including phenoxy) is 1. The van der Waals surface area contributed by atoms with Crippen LogP contribution in [-0.4, -0.2) is 34.5 Å². The van der Waals surface area contributed by atoms with Gasteiger partial charge in [0.05, 0.1) is 17.2 Å². The number of fused-ring (bicyclic) bond motifs is 1. The van der Waals surface area contributed by atoms with E-state index in [1.807, 2.05) is 24.3 Å². The molecule has 0 aliphatic carbocycles. The standard InChI is InChI=1S/C24H23ClN2O4S/c1-27(21-9-5-8-20(25)14-21)32(29,30)22-10-4-7-19(13-22)24(28)26-15-17-12-18-6-2-3-11-23(18)31-16-17/h2-11,13-14,17H,12,15-16H2,1H3,(H,26,28). The molecule has 1 aliphatic rings. The summed E-state index contributed by atoms with van der Waals surface area (Å²) in [5, 5.41) is 3.34. The average molecular weight is 471 g/mol. The van der Waals surface area contributed by atoms with Crippen LogP contribution in [0.2, 0.25) is 5.02 Å². The maximum atomic E-state index is 13.1. The second-order valence-corrected chi connectivity index (χ2v) is 10.1. The Morgan fingerprint density at radius 3 is 2.69 bits per heavy atom. The molecule has 1 amide bonds. The summed E-state index contributed by atoms with van der Waals surface area (Å²) < 4.78 is 33.1. The van der Waals surface area contributed by atoms with Crippen molar-refractivity contribution in [2.24, 2.45) is 5.92 Å². The first-order valence-corrected chi connectivity index (χ1v) is 12.0. The summed E-state index contributed by atoms with van der Waals surface area (Å²) in [6, 6.07) is 20.5. The van der Waals surface area contributed by atoms with Crippen molar-refractivity contribution in [2.75, 3.05) is 24.5 Å². The van der Waals surface area contributed by atoms with Gasteiger partial charge in [-0.05, 0) is 54.4 Å². The molecule has 1 atom stereocenters. The molecule has 0 fully saturated rings. The molecule has 0 radical (unpaired) electrons. The lowest BCUT2D eigenvalue weighted by atomic mass is 9.96. The maximum Gasteiger partial charge on any atom is 0.264 e. The summed E-state index contributed by atoms with van der Waals surface area (Å²) in [4.78, 5) is 12.7. The van der Waals surface area contributed by atoms with Gasteiger partial charge in [-0.3, -0.25) is 9.10 Å². The molecule has 3 aromatic carbocycles. The number of hydrogen-bond donors (Lipinski definition) is 1. The van der Waals surface area contributed by atoms with Crippen LogP contribution in [0.1, 0.15) is 15.9 Å². The second kappa shape index (κ2) is 9.22. The molecule has 0 saturated carbocycles. The van der Waals surface area contributed by atoms with Crippen LogP contribution in [0.4, 0.5) is 5.69 Å². The molecule has 0 bridgehead atoms. The molecule has 1 heterocycles. The summed E-state index contributed by atoms with van der Waals surface area (Å²) in [5.41, 5.74) is 1.84. The molecule has 1 N–H and O–H groups in total. The number of halogens is 1. The highest BCUT2D eigenvalue weighted by Crippen LogP contribution is 2.27. The minimum Gasteiger partial charge on any atom is -0.493 e. The van der Waals surface area contributed by atoms with Crippen molar-refractivity contribution in [3.05, 3.63) is 88.9 Å². The van der Waals surface area contributed by atoms with E-state index in [0.29, 0.717) is 23.9 Å². The molecular weight excluding hydrogens is 448 g/mol. The van der Waals surface area contributed by atoms with Crippen molar-refractivity contribution in [2.45, 2.75) is 11.3 Å². The number of amides is 1. The number of anilines is 1. The molecular formula is C24H23ClN2O4S. The van der Waals surface area contributed by atoms with Crippen molar-refractivity contribution in [1.82, 2.24) is 5.32 Å². The lowest BCUT2D eigenvalue weighted by Gasteiger charge is -2.25. The number of carbonyl (C=O) groups excluding carboxylic acids is 1. The van der Waals surface area contributed by atoms with E-state index < -0.39 is 10.0 Å². The fourth-order valence-corrected chi connectivity index (χ4v) is 5.05. The second-order valence-electron chi connectivity index (χ2n) is 7.68. The van der Waals surface area contributed by atoms with Crippen LogP contribution < -0.4 is 14.4 Å². The lowest BCUT2D eigenvalue weighted by molar-refractivity contribution is 0.0939. The van der Waals surface area contributed by atoms with E-state index in [1.54, 1.807) is 36.4 Å². The average Bonchev–Trinajstić information content (AvgIpc) is 2.82. The molecule has 0 spiro atoms. The van der Waals surface area contributed by atoms with Gasteiger partial charge in [0.15, 0.2) is 0 Å². The summed E-state index contributed by atoms with van der Waals surface area (Å²) in [6.07, 6.45) is 0.815. The quantitative estimate of drug-likeness (QED) is 0.587. The zero-order valence-electron chi connectivity index (χ0n) is 17.5. The van der Waals surface area contributed by atoms with Gasteiger partial charge in [0.2, 0.25) is 0 Å². The van der Waals surface area contributed by atoms with Crippen molar-refractivity contribution in [1.29, 1.82) is 0 Å². The van der Waals surface area contributed by atoms with E-state index in [1.165, 1.54) is 19.2 Å². The minimum atomic E-state index is -3.86. The van der Waals surface area contributed by atoms with Crippen LogP contribution in [0.3, 0.4) is 0 Å². The van der Waals surface area contributed by atoms with Gasteiger partial charge in [-0.1, -0.05) is 41.9 Å². The van der Waals surface area contributed by atoms with Crippen molar-refractivity contribution < 1.29 is 17.9 Å². The third-order valence-electron chi connectivity index (χ3n) is 5.43. The first-order chi connectivity index (χ1) is 15.3. The number of carbonyl (C=O) groups is 1. The summed E-state index contributed by atoms with van der Waals surface area (Å²) in [5.74, 6) is 0.706. The van der Waals surface area contributed by atoms with E-state index in [-0.39, 0.29) is 22.3 Å². The molecule has 3 aromatic rings. The van der Waals surface area contributed by atoms with E-state index in [4.69, 9.17) is 16.3 Å². The van der Waals surface area contributed by atoms with Crippen LogP contribution in [-0.2, 0) is 16.4 Å². The summed E-state index contributed by atoms with van der Waals surface area (Å²) in [7, 11) is -2.41. The zero-order chi connectivity index (χ0) is 22.7. The highest BCUT2D eigenvalue weighted by atomic mass is 35.5. The Morgan fingerprint density at radius 2 is 1.88 bits per heavy atom. The number of nitrogens with one attached hydrogen (secondary N) is 1. The van der Waals surface area contributed by atoms with Gasteiger partial charge in [0.1, 0.15) is 5.75 Å². The van der Waals surface area contributed by atoms with E-state index in [2.05, 4.69) is 5.32 Å². The SMILES string of the molecule is CN(c1cccc(Cl)c1)S(=O)(=O)c1cccc(C(=O)NCC2COc3ccccc3C2)c1. The lowest BCUT2D eigenvalue weighted by Crippen LogP contribution is -2.35. The van der Waals surface area contributed by atoms with Crippen LogP contribution in [0.15, 0.2) is 77.7 Å². The van der Waals surface area contributed by atoms with Gasteiger partial charge in [-0.25, -0.2) is 8.42 Å². The van der Waals surface area contributed by atoms with E-state index >= 15 is 0 Å². The van der Waals surface area contributed by atoms with Crippen LogP contribution in [0.25, 0.3) is 0 Å².